The number of amides is 1. The molecule has 3 rings (SSSR count). The molecular weight excluding hydrogens is 320 g/mol. The van der Waals surface area contributed by atoms with Gasteiger partial charge in [0.1, 0.15) is 0 Å². The predicted octanol–water partition coefficient (Wildman–Crippen LogP) is 4.38. The molecule has 1 aromatic carbocycles. The van der Waals surface area contributed by atoms with E-state index in [-0.39, 0.29) is 5.91 Å². The standard InChI is InChI=1S/C19H18N2O2S/c1-2-24-18-6-4-3-5-16(18)19(22)21-12-14-7-8-17(20-11-14)15-9-10-23-13-15/h3-11,13H,2,12H2,1H3,(H,21,22). The second-order valence-corrected chi connectivity index (χ2v) is 6.48. The van der Waals surface area contributed by atoms with Crippen LogP contribution < -0.4 is 5.32 Å². The molecule has 0 radical (unpaired) electrons. The Hall–Kier alpha value is -2.53. The first kappa shape index (κ1) is 16.3. The summed E-state index contributed by atoms with van der Waals surface area (Å²) in [6.07, 6.45) is 5.05. The Morgan fingerprint density at radius 3 is 2.79 bits per heavy atom. The number of furan rings is 1. The van der Waals surface area contributed by atoms with E-state index < -0.39 is 0 Å². The van der Waals surface area contributed by atoms with Crippen LogP contribution in [0.25, 0.3) is 11.3 Å². The number of nitrogens with zero attached hydrogens (tertiary/aromatic N) is 1. The van der Waals surface area contributed by atoms with Gasteiger partial charge in [-0.3, -0.25) is 9.78 Å². The van der Waals surface area contributed by atoms with E-state index >= 15 is 0 Å². The number of carbonyl (C=O) groups excluding carboxylic acids is 1. The number of pyridine rings is 1. The summed E-state index contributed by atoms with van der Waals surface area (Å²) in [5, 5.41) is 2.96. The Kier molecular flexibility index (Phi) is 5.33. The van der Waals surface area contributed by atoms with Gasteiger partial charge in [-0.2, -0.15) is 0 Å². The van der Waals surface area contributed by atoms with E-state index in [1.54, 1.807) is 30.5 Å². The van der Waals surface area contributed by atoms with Crippen LogP contribution in [0.2, 0.25) is 0 Å². The van der Waals surface area contributed by atoms with E-state index in [1.807, 2.05) is 42.5 Å². The second-order valence-electron chi connectivity index (χ2n) is 5.18. The molecule has 1 amide bonds. The molecule has 2 heterocycles. The minimum absolute atomic E-state index is 0.0644. The normalized spacial score (nSPS) is 10.5. The molecule has 0 aliphatic heterocycles. The van der Waals surface area contributed by atoms with Crippen LogP contribution in [-0.4, -0.2) is 16.6 Å². The summed E-state index contributed by atoms with van der Waals surface area (Å²) < 4.78 is 5.06. The van der Waals surface area contributed by atoms with Crippen molar-refractivity contribution in [1.29, 1.82) is 0 Å². The molecule has 2 aromatic heterocycles. The SMILES string of the molecule is CCSc1ccccc1C(=O)NCc1ccc(-c2ccoc2)nc1. The van der Waals surface area contributed by atoms with Crippen LogP contribution in [0.1, 0.15) is 22.8 Å². The highest BCUT2D eigenvalue weighted by atomic mass is 32.2. The molecular formula is C19H18N2O2S. The number of hydrogen-bond acceptors (Lipinski definition) is 4. The fraction of sp³-hybridized carbons (Fsp3) is 0.158. The van der Waals surface area contributed by atoms with Gasteiger partial charge in [0.15, 0.2) is 0 Å². The first-order valence-electron chi connectivity index (χ1n) is 7.75. The molecule has 122 valence electrons. The largest absolute Gasteiger partial charge is 0.472 e. The van der Waals surface area contributed by atoms with Gasteiger partial charge in [0.25, 0.3) is 5.91 Å². The lowest BCUT2D eigenvalue weighted by Gasteiger charge is -2.09. The van der Waals surface area contributed by atoms with Crippen LogP contribution in [0.4, 0.5) is 0 Å². The Bertz CT molecular complexity index is 798. The van der Waals surface area contributed by atoms with Crippen molar-refractivity contribution in [3.8, 4) is 11.3 Å². The third-order valence-electron chi connectivity index (χ3n) is 3.53. The van der Waals surface area contributed by atoms with Crippen LogP contribution in [0.5, 0.6) is 0 Å². The first-order valence-corrected chi connectivity index (χ1v) is 8.74. The molecule has 0 aliphatic carbocycles. The Balaban J connectivity index is 1.64. The van der Waals surface area contributed by atoms with Crippen molar-refractivity contribution in [2.75, 3.05) is 5.75 Å². The maximum atomic E-state index is 12.4. The minimum Gasteiger partial charge on any atom is -0.472 e. The van der Waals surface area contributed by atoms with Gasteiger partial charge in [-0.05, 0) is 35.6 Å². The fourth-order valence-corrected chi connectivity index (χ4v) is 3.13. The summed E-state index contributed by atoms with van der Waals surface area (Å²) in [6.45, 7) is 2.52. The maximum absolute atomic E-state index is 12.4. The van der Waals surface area contributed by atoms with Gasteiger partial charge in [-0.25, -0.2) is 0 Å². The van der Waals surface area contributed by atoms with Crippen molar-refractivity contribution in [1.82, 2.24) is 10.3 Å². The zero-order valence-corrected chi connectivity index (χ0v) is 14.2. The maximum Gasteiger partial charge on any atom is 0.252 e. The molecule has 5 heteroatoms. The molecule has 0 aliphatic rings. The lowest BCUT2D eigenvalue weighted by Crippen LogP contribution is -2.23. The number of benzene rings is 1. The topological polar surface area (TPSA) is 55.1 Å². The molecule has 0 bridgehead atoms. The Labute approximate surface area is 145 Å². The predicted molar refractivity (Wildman–Crippen MR) is 95.9 cm³/mol. The summed E-state index contributed by atoms with van der Waals surface area (Å²) in [5.74, 6) is 0.870. The highest BCUT2D eigenvalue weighted by molar-refractivity contribution is 7.99. The van der Waals surface area contributed by atoms with E-state index in [2.05, 4.69) is 17.2 Å². The molecule has 0 unspecified atom stereocenters. The van der Waals surface area contributed by atoms with Gasteiger partial charge in [0.05, 0.1) is 23.8 Å². The molecule has 3 aromatic rings. The van der Waals surface area contributed by atoms with E-state index in [0.717, 1.165) is 27.5 Å². The number of rotatable bonds is 6. The van der Waals surface area contributed by atoms with Gasteiger partial charge < -0.3 is 9.73 Å². The molecule has 0 saturated carbocycles. The van der Waals surface area contributed by atoms with E-state index in [1.165, 1.54) is 0 Å². The van der Waals surface area contributed by atoms with Gasteiger partial charge in [-0.15, -0.1) is 11.8 Å². The van der Waals surface area contributed by atoms with Crippen LogP contribution in [-0.2, 0) is 6.54 Å². The molecule has 0 fully saturated rings. The summed E-state index contributed by atoms with van der Waals surface area (Å²) in [6, 6.07) is 13.4. The summed E-state index contributed by atoms with van der Waals surface area (Å²) >= 11 is 1.67. The number of carbonyl (C=O) groups is 1. The highest BCUT2D eigenvalue weighted by Gasteiger charge is 2.10. The molecule has 24 heavy (non-hydrogen) atoms. The number of thioether (sulfide) groups is 1. The second kappa shape index (κ2) is 7.84. The highest BCUT2D eigenvalue weighted by Crippen LogP contribution is 2.22. The molecule has 1 N–H and O–H groups in total. The van der Waals surface area contributed by atoms with Crippen molar-refractivity contribution in [2.24, 2.45) is 0 Å². The van der Waals surface area contributed by atoms with Crippen molar-refractivity contribution in [3.63, 3.8) is 0 Å². The summed E-state index contributed by atoms with van der Waals surface area (Å²) in [4.78, 5) is 17.8. The van der Waals surface area contributed by atoms with Crippen LogP contribution in [0.15, 0.2) is 70.5 Å². The van der Waals surface area contributed by atoms with Gasteiger partial charge in [0, 0.05) is 23.2 Å². The van der Waals surface area contributed by atoms with Crippen molar-refractivity contribution in [3.05, 3.63) is 72.3 Å². The lowest BCUT2D eigenvalue weighted by atomic mass is 10.2. The summed E-state index contributed by atoms with van der Waals surface area (Å²) in [7, 11) is 0. The van der Waals surface area contributed by atoms with Gasteiger partial charge in [0.2, 0.25) is 0 Å². The van der Waals surface area contributed by atoms with Crippen LogP contribution >= 0.6 is 11.8 Å². The van der Waals surface area contributed by atoms with Crippen molar-refractivity contribution >= 4 is 17.7 Å². The van der Waals surface area contributed by atoms with E-state index in [9.17, 15) is 4.79 Å². The molecule has 0 saturated heterocycles. The molecule has 0 atom stereocenters. The lowest BCUT2D eigenvalue weighted by molar-refractivity contribution is 0.0948. The fourth-order valence-electron chi connectivity index (χ4n) is 2.32. The molecule has 4 nitrogen and oxygen atoms in total. The Morgan fingerprint density at radius 2 is 2.08 bits per heavy atom. The Morgan fingerprint density at radius 1 is 1.21 bits per heavy atom. The van der Waals surface area contributed by atoms with Gasteiger partial charge >= 0.3 is 0 Å². The molecule has 0 spiro atoms. The van der Waals surface area contributed by atoms with Crippen LogP contribution in [0, 0.1) is 0 Å². The average molecular weight is 338 g/mol. The van der Waals surface area contributed by atoms with Crippen molar-refractivity contribution in [2.45, 2.75) is 18.4 Å². The number of aromatic nitrogens is 1. The monoisotopic (exact) mass is 338 g/mol. The summed E-state index contributed by atoms with van der Waals surface area (Å²) in [5.41, 5.74) is 3.46. The zero-order chi connectivity index (χ0) is 16.8. The smallest absolute Gasteiger partial charge is 0.252 e. The third-order valence-corrected chi connectivity index (χ3v) is 4.48. The van der Waals surface area contributed by atoms with Crippen LogP contribution in [0.3, 0.4) is 0 Å². The average Bonchev–Trinajstić information content (AvgIpc) is 3.15. The minimum atomic E-state index is -0.0644. The van der Waals surface area contributed by atoms with Gasteiger partial charge in [-0.1, -0.05) is 25.1 Å². The quantitative estimate of drug-likeness (QED) is 0.678. The number of hydrogen-bond donors (Lipinski definition) is 1. The number of nitrogens with one attached hydrogen (secondary N) is 1. The van der Waals surface area contributed by atoms with E-state index in [0.29, 0.717) is 12.1 Å². The van der Waals surface area contributed by atoms with Crippen molar-refractivity contribution < 1.29 is 9.21 Å². The van der Waals surface area contributed by atoms with E-state index in [4.69, 9.17) is 4.42 Å². The third kappa shape index (κ3) is 3.86. The zero-order valence-electron chi connectivity index (χ0n) is 13.4. The first-order chi connectivity index (χ1) is 11.8.